The number of hydrogen-bond donors (Lipinski definition) is 1. The molecule has 3 aromatic rings. The Bertz CT molecular complexity index is 1010. The van der Waals surface area contributed by atoms with Crippen molar-refractivity contribution in [2.45, 2.75) is 18.9 Å². The highest BCUT2D eigenvalue weighted by atomic mass is 16.5. The summed E-state index contributed by atoms with van der Waals surface area (Å²) < 4.78 is 7.28. The molecular formula is C24H26N4O2. The average molecular weight is 402 g/mol. The average Bonchev–Trinajstić information content (AvgIpc) is 3.28. The summed E-state index contributed by atoms with van der Waals surface area (Å²) in [5.74, 6) is 0.772. The van der Waals surface area contributed by atoms with Gasteiger partial charge in [-0.2, -0.15) is 5.10 Å². The van der Waals surface area contributed by atoms with E-state index in [1.165, 1.54) is 0 Å². The molecule has 1 aromatic heterocycles. The van der Waals surface area contributed by atoms with Gasteiger partial charge in [-0.3, -0.25) is 4.79 Å². The molecule has 1 saturated heterocycles. The number of anilines is 1. The molecule has 4 rings (SSSR count). The standard InChI is InChI=1S/C24H26N4O2/c1-30-23-12-6-5-11-22(23)27-15-7-8-20(18-27)26-24(29)14-13-19-16-25-28(17-19)21-9-3-2-4-10-21/h2-6,9-14,16-17,20H,7-8,15,18H2,1H3,(H,26,29)/b14-13+. The fourth-order valence-corrected chi connectivity index (χ4v) is 3.77. The van der Waals surface area contributed by atoms with E-state index in [1.807, 2.05) is 54.7 Å². The second-order valence-corrected chi connectivity index (χ2v) is 7.35. The first kappa shape index (κ1) is 19.8. The Balaban J connectivity index is 1.35. The van der Waals surface area contributed by atoms with Crippen LogP contribution in [0.15, 0.2) is 73.1 Å². The van der Waals surface area contributed by atoms with E-state index in [0.29, 0.717) is 0 Å². The number of aromatic nitrogens is 2. The second-order valence-electron chi connectivity index (χ2n) is 7.35. The van der Waals surface area contributed by atoms with Gasteiger partial charge in [-0.1, -0.05) is 30.3 Å². The molecule has 30 heavy (non-hydrogen) atoms. The van der Waals surface area contributed by atoms with E-state index >= 15 is 0 Å². The van der Waals surface area contributed by atoms with E-state index in [2.05, 4.69) is 21.4 Å². The van der Waals surface area contributed by atoms with Gasteiger partial charge in [-0.15, -0.1) is 0 Å². The number of hydrogen-bond acceptors (Lipinski definition) is 4. The van der Waals surface area contributed by atoms with Crippen LogP contribution in [0.25, 0.3) is 11.8 Å². The molecule has 0 spiro atoms. The second kappa shape index (κ2) is 9.31. The number of nitrogens with zero attached hydrogens (tertiary/aromatic N) is 3. The van der Waals surface area contributed by atoms with Crippen LogP contribution in [-0.4, -0.2) is 41.9 Å². The molecule has 1 amide bonds. The van der Waals surface area contributed by atoms with E-state index in [4.69, 9.17) is 4.74 Å². The van der Waals surface area contributed by atoms with Crippen molar-refractivity contribution in [3.63, 3.8) is 0 Å². The Morgan fingerprint density at radius 2 is 1.97 bits per heavy atom. The van der Waals surface area contributed by atoms with Crippen molar-refractivity contribution < 1.29 is 9.53 Å². The molecule has 0 radical (unpaired) electrons. The summed E-state index contributed by atoms with van der Waals surface area (Å²) in [4.78, 5) is 14.7. The van der Waals surface area contributed by atoms with Gasteiger partial charge in [0, 0.05) is 37.0 Å². The molecule has 2 aromatic carbocycles. The normalized spacial score (nSPS) is 16.6. The van der Waals surface area contributed by atoms with E-state index in [1.54, 1.807) is 30.1 Å². The molecule has 154 valence electrons. The number of carbonyl (C=O) groups excluding carboxylic acids is 1. The lowest BCUT2D eigenvalue weighted by molar-refractivity contribution is -0.117. The number of amides is 1. The summed E-state index contributed by atoms with van der Waals surface area (Å²) in [6.45, 7) is 1.73. The Labute approximate surface area is 176 Å². The van der Waals surface area contributed by atoms with Crippen molar-refractivity contribution in [3.8, 4) is 11.4 Å². The van der Waals surface area contributed by atoms with Crippen LogP contribution in [0.4, 0.5) is 5.69 Å². The molecule has 6 nitrogen and oxygen atoms in total. The van der Waals surface area contributed by atoms with Crippen LogP contribution in [0, 0.1) is 0 Å². The van der Waals surface area contributed by atoms with Crippen LogP contribution in [-0.2, 0) is 4.79 Å². The van der Waals surface area contributed by atoms with Crippen LogP contribution in [0.1, 0.15) is 18.4 Å². The summed E-state index contributed by atoms with van der Waals surface area (Å²) in [6, 6.07) is 18.0. The van der Waals surface area contributed by atoms with Crippen LogP contribution in [0.5, 0.6) is 5.75 Å². The summed E-state index contributed by atoms with van der Waals surface area (Å²) in [5, 5.41) is 7.48. The van der Waals surface area contributed by atoms with Crippen LogP contribution in [0.3, 0.4) is 0 Å². The molecule has 1 aliphatic rings. The quantitative estimate of drug-likeness (QED) is 0.639. The minimum absolute atomic E-state index is 0.0886. The van der Waals surface area contributed by atoms with E-state index in [-0.39, 0.29) is 11.9 Å². The topological polar surface area (TPSA) is 59.4 Å². The number of rotatable bonds is 6. The number of ether oxygens (including phenoxy) is 1. The van der Waals surface area contributed by atoms with E-state index < -0.39 is 0 Å². The van der Waals surface area contributed by atoms with Crippen molar-refractivity contribution in [1.82, 2.24) is 15.1 Å². The van der Waals surface area contributed by atoms with Gasteiger partial charge in [0.05, 0.1) is 24.7 Å². The third-order valence-corrected chi connectivity index (χ3v) is 5.24. The molecule has 0 bridgehead atoms. The molecule has 1 aliphatic heterocycles. The summed E-state index contributed by atoms with van der Waals surface area (Å²) in [6.07, 6.45) is 9.02. The number of carbonyl (C=O) groups is 1. The fourth-order valence-electron chi connectivity index (χ4n) is 3.77. The number of piperidine rings is 1. The van der Waals surface area contributed by atoms with Gasteiger partial charge in [-0.25, -0.2) is 4.68 Å². The van der Waals surface area contributed by atoms with Crippen LogP contribution >= 0.6 is 0 Å². The largest absolute Gasteiger partial charge is 0.495 e. The molecule has 1 atom stereocenters. The van der Waals surface area contributed by atoms with Gasteiger partial charge in [0.1, 0.15) is 5.75 Å². The lowest BCUT2D eigenvalue weighted by atomic mass is 10.0. The molecule has 1 N–H and O–H groups in total. The third-order valence-electron chi connectivity index (χ3n) is 5.24. The van der Waals surface area contributed by atoms with Gasteiger partial charge in [0.15, 0.2) is 0 Å². The van der Waals surface area contributed by atoms with Gasteiger partial charge < -0.3 is 15.0 Å². The molecule has 0 aliphatic carbocycles. The molecule has 1 fully saturated rings. The monoisotopic (exact) mass is 402 g/mol. The third kappa shape index (κ3) is 4.71. The Kier molecular flexibility index (Phi) is 6.13. The minimum Gasteiger partial charge on any atom is -0.495 e. The highest BCUT2D eigenvalue weighted by molar-refractivity contribution is 5.91. The molecule has 2 heterocycles. The Morgan fingerprint density at radius 1 is 1.17 bits per heavy atom. The maximum atomic E-state index is 12.5. The first-order chi connectivity index (χ1) is 14.7. The van der Waals surface area contributed by atoms with Gasteiger partial charge in [-0.05, 0) is 43.2 Å². The molecule has 0 saturated carbocycles. The van der Waals surface area contributed by atoms with Crippen molar-refractivity contribution >= 4 is 17.7 Å². The minimum atomic E-state index is -0.0886. The van der Waals surface area contributed by atoms with Crippen molar-refractivity contribution in [3.05, 3.63) is 78.6 Å². The van der Waals surface area contributed by atoms with Crippen LogP contribution in [0.2, 0.25) is 0 Å². The highest BCUT2D eigenvalue weighted by Gasteiger charge is 2.22. The zero-order chi connectivity index (χ0) is 20.8. The lowest BCUT2D eigenvalue weighted by Gasteiger charge is -2.35. The summed E-state index contributed by atoms with van der Waals surface area (Å²) in [7, 11) is 1.69. The maximum absolute atomic E-state index is 12.5. The predicted molar refractivity (Wildman–Crippen MR) is 119 cm³/mol. The molecular weight excluding hydrogens is 376 g/mol. The van der Waals surface area contributed by atoms with Crippen molar-refractivity contribution in [2.24, 2.45) is 0 Å². The molecule has 6 heteroatoms. The van der Waals surface area contributed by atoms with E-state index in [0.717, 1.165) is 48.6 Å². The zero-order valence-corrected chi connectivity index (χ0v) is 17.1. The van der Waals surface area contributed by atoms with Gasteiger partial charge in [0.25, 0.3) is 0 Å². The number of methoxy groups -OCH3 is 1. The molecule has 1 unspecified atom stereocenters. The number of para-hydroxylation sites is 3. The van der Waals surface area contributed by atoms with Gasteiger partial charge in [0.2, 0.25) is 5.91 Å². The van der Waals surface area contributed by atoms with Gasteiger partial charge >= 0.3 is 0 Å². The summed E-state index contributed by atoms with van der Waals surface area (Å²) >= 11 is 0. The first-order valence-electron chi connectivity index (χ1n) is 10.2. The lowest BCUT2D eigenvalue weighted by Crippen LogP contribution is -2.47. The smallest absolute Gasteiger partial charge is 0.244 e. The van der Waals surface area contributed by atoms with Crippen LogP contribution < -0.4 is 15.0 Å². The van der Waals surface area contributed by atoms with E-state index in [9.17, 15) is 4.79 Å². The fraction of sp³-hybridized carbons (Fsp3) is 0.250. The van der Waals surface area contributed by atoms with Crippen molar-refractivity contribution in [1.29, 1.82) is 0 Å². The number of benzene rings is 2. The Hall–Kier alpha value is -3.54. The zero-order valence-electron chi connectivity index (χ0n) is 17.1. The highest BCUT2D eigenvalue weighted by Crippen LogP contribution is 2.29. The predicted octanol–water partition coefficient (Wildman–Crippen LogP) is 3.68. The summed E-state index contributed by atoms with van der Waals surface area (Å²) in [5.41, 5.74) is 2.94. The maximum Gasteiger partial charge on any atom is 0.244 e. The van der Waals surface area contributed by atoms with Crippen molar-refractivity contribution in [2.75, 3.05) is 25.1 Å². The first-order valence-corrected chi connectivity index (χ1v) is 10.2. The Morgan fingerprint density at radius 3 is 2.80 bits per heavy atom. The SMILES string of the molecule is COc1ccccc1N1CCCC(NC(=O)/C=C/c2cnn(-c3ccccc3)c2)C1. The number of nitrogens with one attached hydrogen (secondary N) is 1.